The molecule has 0 radical (unpaired) electrons. The second kappa shape index (κ2) is 11.3. The molecule has 0 unspecified atom stereocenters. The van der Waals surface area contributed by atoms with Crippen LogP contribution < -0.4 is 10.6 Å². The fraction of sp³-hybridized carbons (Fsp3) is 0.273. The van der Waals surface area contributed by atoms with Crippen LogP contribution in [0.3, 0.4) is 0 Å². The number of hydrogen-bond donors (Lipinski definition) is 0. The molecule has 3 heterocycles. The van der Waals surface area contributed by atoms with Crippen molar-refractivity contribution in [1.82, 2.24) is 19.4 Å². The van der Waals surface area contributed by atoms with E-state index in [2.05, 4.69) is 23.1 Å². The Hall–Kier alpha value is -4.66. The Labute approximate surface area is 243 Å². The highest BCUT2D eigenvalue weighted by atomic mass is 19.1. The molecule has 0 spiro atoms. The summed E-state index contributed by atoms with van der Waals surface area (Å²) in [5, 5.41) is 0.389. The van der Waals surface area contributed by atoms with Crippen LogP contribution in [0.1, 0.15) is 43.5 Å². The molecular weight excluding hydrogens is 536 g/mol. The second-order valence-corrected chi connectivity index (χ2v) is 10.9. The van der Waals surface area contributed by atoms with Gasteiger partial charge in [0.15, 0.2) is 0 Å². The van der Waals surface area contributed by atoms with Gasteiger partial charge >= 0.3 is 5.69 Å². The number of rotatable bonds is 6. The van der Waals surface area contributed by atoms with Crippen LogP contribution in [0.25, 0.3) is 33.8 Å². The van der Waals surface area contributed by atoms with Gasteiger partial charge in [0, 0.05) is 48.4 Å². The van der Waals surface area contributed by atoms with Gasteiger partial charge in [0.2, 0.25) is 5.91 Å². The van der Waals surface area contributed by atoms with Crippen molar-refractivity contribution in [3.05, 3.63) is 101 Å². The molecular formula is C33H33F2N5O2. The maximum absolute atomic E-state index is 16.1. The summed E-state index contributed by atoms with van der Waals surface area (Å²) in [5.74, 6) is -1.17. The van der Waals surface area contributed by atoms with E-state index in [4.69, 9.17) is 0 Å². The van der Waals surface area contributed by atoms with E-state index >= 15 is 8.78 Å². The summed E-state index contributed by atoms with van der Waals surface area (Å²) in [6.07, 6.45) is 4.44. The maximum atomic E-state index is 16.1. The number of carbonyl (C=O) groups excluding carboxylic acids is 1. The third-order valence-electron chi connectivity index (χ3n) is 7.81. The smallest absolute Gasteiger partial charge is 0.350 e. The van der Waals surface area contributed by atoms with Crippen LogP contribution >= 0.6 is 0 Å². The second-order valence-electron chi connectivity index (χ2n) is 10.9. The highest BCUT2D eigenvalue weighted by molar-refractivity contribution is 5.95. The number of pyridine rings is 1. The molecule has 9 heteroatoms. The van der Waals surface area contributed by atoms with Gasteiger partial charge in [-0.1, -0.05) is 45.2 Å². The molecule has 0 aliphatic carbocycles. The summed E-state index contributed by atoms with van der Waals surface area (Å²) in [5.41, 5.74) is 2.32. The van der Waals surface area contributed by atoms with Crippen LogP contribution in [0, 0.1) is 18.6 Å². The van der Waals surface area contributed by atoms with Gasteiger partial charge in [-0.3, -0.25) is 14.3 Å². The number of benzene rings is 2. The zero-order chi connectivity index (χ0) is 30.3. The van der Waals surface area contributed by atoms with E-state index < -0.39 is 17.3 Å². The van der Waals surface area contributed by atoms with Crippen LogP contribution in [0.2, 0.25) is 0 Å². The van der Waals surface area contributed by atoms with Gasteiger partial charge in [-0.15, -0.1) is 0 Å². The number of anilines is 1. The number of aryl methyl sites for hydroxylation is 1. The molecule has 7 nitrogen and oxygen atoms in total. The summed E-state index contributed by atoms with van der Waals surface area (Å²) < 4.78 is 32.8. The molecule has 0 saturated carbocycles. The normalized spacial score (nSPS) is 15.4. The van der Waals surface area contributed by atoms with E-state index in [1.165, 1.54) is 34.9 Å². The lowest BCUT2D eigenvalue weighted by atomic mass is 9.96. The number of piperazine rings is 1. The van der Waals surface area contributed by atoms with Crippen molar-refractivity contribution in [3.8, 4) is 16.8 Å². The Bertz CT molecular complexity index is 1800. The van der Waals surface area contributed by atoms with E-state index in [0.717, 1.165) is 5.56 Å². The van der Waals surface area contributed by atoms with Crippen molar-refractivity contribution in [2.24, 2.45) is 0 Å². The fourth-order valence-electron chi connectivity index (χ4n) is 5.74. The first-order valence-electron chi connectivity index (χ1n) is 13.9. The molecule has 1 amide bonds. The monoisotopic (exact) mass is 569 g/mol. The minimum Gasteiger partial charge on any atom is -0.350 e. The van der Waals surface area contributed by atoms with Crippen LogP contribution in [0.15, 0.2) is 66.6 Å². The lowest BCUT2D eigenvalue weighted by Gasteiger charge is -2.40. The van der Waals surface area contributed by atoms with Crippen LogP contribution in [0.4, 0.5) is 14.6 Å². The van der Waals surface area contributed by atoms with Gasteiger partial charge < -0.3 is 9.80 Å². The SMILES string of the molecule is C=CC(=O)N1CCN(c2nc(=O)n(-c3c(C)ccnc3C(C)C)c3cc(-c4c(F)cccc4C=C)c(F)cc23)[C@@H](C)C1. The van der Waals surface area contributed by atoms with Gasteiger partial charge in [-0.2, -0.15) is 4.98 Å². The van der Waals surface area contributed by atoms with Gasteiger partial charge in [0.25, 0.3) is 0 Å². The molecule has 42 heavy (non-hydrogen) atoms. The molecule has 2 aromatic heterocycles. The molecule has 1 aliphatic heterocycles. The fourth-order valence-corrected chi connectivity index (χ4v) is 5.74. The topological polar surface area (TPSA) is 71.3 Å². The Balaban J connectivity index is 1.85. The molecule has 0 bridgehead atoms. The lowest BCUT2D eigenvalue weighted by molar-refractivity contribution is -0.126. The largest absolute Gasteiger partial charge is 0.354 e. The summed E-state index contributed by atoms with van der Waals surface area (Å²) >= 11 is 0. The number of hydrogen-bond acceptors (Lipinski definition) is 5. The van der Waals surface area contributed by atoms with Crippen molar-refractivity contribution in [3.63, 3.8) is 0 Å². The Morgan fingerprint density at radius 2 is 1.88 bits per heavy atom. The highest BCUT2D eigenvalue weighted by Gasteiger charge is 2.30. The summed E-state index contributed by atoms with van der Waals surface area (Å²) in [4.78, 5) is 38.9. The van der Waals surface area contributed by atoms with Gasteiger partial charge in [0.05, 0.1) is 16.9 Å². The lowest BCUT2D eigenvalue weighted by Crippen LogP contribution is -2.54. The van der Waals surface area contributed by atoms with Crippen molar-refractivity contribution < 1.29 is 13.6 Å². The minimum absolute atomic E-state index is 0.00267. The number of halogens is 2. The highest BCUT2D eigenvalue weighted by Crippen LogP contribution is 2.37. The summed E-state index contributed by atoms with van der Waals surface area (Å²) in [7, 11) is 0. The number of amides is 1. The standard InChI is InChI=1S/C33H33F2N5O2/c1-7-22-10-9-11-25(34)29(22)23-17-27-24(16-26(23)35)32(39-15-14-38(18-21(39)6)28(41)8-2)37-33(42)40(27)31-20(5)12-13-36-30(31)19(3)4/h7-13,16-17,19,21H,1-2,14-15,18H2,3-6H3/t21-/m0/s1. The first kappa shape index (κ1) is 28.9. The molecule has 1 saturated heterocycles. The van der Waals surface area contributed by atoms with Crippen molar-refractivity contribution >= 4 is 28.7 Å². The molecule has 1 fully saturated rings. The molecule has 4 aromatic rings. The van der Waals surface area contributed by atoms with Gasteiger partial charge in [-0.05, 0) is 61.2 Å². The van der Waals surface area contributed by atoms with Gasteiger partial charge in [0.1, 0.15) is 17.5 Å². The van der Waals surface area contributed by atoms with Crippen molar-refractivity contribution in [2.75, 3.05) is 24.5 Å². The summed E-state index contributed by atoms with van der Waals surface area (Å²) in [6, 6.07) is 8.89. The molecule has 2 aromatic carbocycles. The number of fused-ring (bicyclic) bond motifs is 1. The van der Waals surface area contributed by atoms with Crippen LogP contribution in [-0.4, -0.2) is 51.0 Å². The van der Waals surface area contributed by atoms with E-state index in [1.54, 1.807) is 23.2 Å². The molecule has 1 aliphatic rings. The third kappa shape index (κ3) is 4.89. The first-order chi connectivity index (χ1) is 20.1. The average Bonchev–Trinajstić information content (AvgIpc) is 2.96. The van der Waals surface area contributed by atoms with Crippen molar-refractivity contribution in [2.45, 2.75) is 39.7 Å². The minimum atomic E-state index is -0.663. The van der Waals surface area contributed by atoms with Crippen LogP contribution in [0.5, 0.6) is 0 Å². The predicted molar refractivity (Wildman–Crippen MR) is 163 cm³/mol. The number of carbonyl (C=O) groups is 1. The third-order valence-corrected chi connectivity index (χ3v) is 7.81. The maximum Gasteiger partial charge on any atom is 0.354 e. The number of aromatic nitrogens is 3. The van der Waals surface area contributed by atoms with Crippen LogP contribution in [-0.2, 0) is 4.79 Å². The average molecular weight is 570 g/mol. The Kier molecular flexibility index (Phi) is 7.77. The molecule has 1 atom stereocenters. The van der Waals surface area contributed by atoms with Gasteiger partial charge in [-0.25, -0.2) is 13.6 Å². The van der Waals surface area contributed by atoms with E-state index in [9.17, 15) is 9.59 Å². The predicted octanol–water partition coefficient (Wildman–Crippen LogP) is 6.02. The zero-order valence-electron chi connectivity index (χ0n) is 24.2. The summed E-state index contributed by atoms with van der Waals surface area (Å²) in [6.45, 7) is 16.3. The van der Waals surface area contributed by atoms with E-state index in [-0.39, 0.29) is 29.0 Å². The molecule has 216 valence electrons. The van der Waals surface area contributed by atoms with Crippen molar-refractivity contribution in [1.29, 1.82) is 0 Å². The van der Waals surface area contributed by atoms with E-state index in [1.807, 2.05) is 38.7 Å². The first-order valence-corrected chi connectivity index (χ1v) is 13.9. The Morgan fingerprint density at radius 1 is 1.12 bits per heavy atom. The number of nitrogens with zero attached hydrogens (tertiary/aromatic N) is 5. The Morgan fingerprint density at radius 3 is 2.55 bits per heavy atom. The quantitative estimate of drug-likeness (QED) is 0.266. The zero-order valence-corrected chi connectivity index (χ0v) is 24.2. The van der Waals surface area contributed by atoms with E-state index in [0.29, 0.717) is 53.3 Å². The molecule has 0 N–H and O–H groups in total. The molecule has 5 rings (SSSR count).